The quantitative estimate of drug-likeness (QED) is 0.888. The van der Waals surface area contributed by atoms with Gasteiger partial charge in [-0.3, -0.25) is 0 Å². The topological polar surface area (TPSA) is 41.8 Å². The van der Waals surface area contributed by atoms with E-state index in [9.17, 15) is 5.11 Å². The highest BCUT2D eigenvalue weighted by Gasteiger charge is 2.33. The summed E-state index contributed by atoms with van der Waals surface area (Å²) in [6, 6.07) is 8.38. The molecule has 1 aliphatic heterocycles. The number of aliphatic hydroxyl groups is 1. The molecule has 0 saturated heterocycles. The SMILES string of the molecule is CC[C@@H]1ON=C(c2ccc(C(C)C)cc2)C1CO. The number of hydrogen-bond donors (Lipinski definition) is 1. The molecule has 1 aromatic carbocycles. The van der Waals surface area contributed by atoms with E-state index in [0.29, 0.717) is 5.92 Å². The lowest BCUT2D eigenvalue weighted by Gasteiger charge is -2.15. The highest BCUT2D eigenvalue weighted by Crippen LogP contribution is 2.26. The second kappa shape index (κ2) is 5.53. The van der Waals surface area contributed by atoms with Crippen molar-refractivity contribution in [2.24, 2.45) is 11.1 Å². The summed E-state index contributed by atoms with van der Waals surface area (Å²) < 4.78 is 0. The molecule has 1 heterocycles. The van der Waals surface area contributed by atoms with Crippen molar-refractivity contribution >= 4 is 5.71 Å². The number of oxime groups is 1. The zero-order valence-electron chi connectivity index (χ0n) is 11.3. The van der Waals surface area contributed by atoms with E-state index < -0.39 is 0 Å². The summed E-state index contributed by atoms with van der Waals surface area (Å²) in [5, 5.41) is 13.6. The minimum atomic E-state index is -0.0000926. The number of hydrogen-bond acceptors (Lipinski definition) is 3. The van der Waals surface area contributed by atoms with Gasteiger partial charge in [0.05, 0.1) is 18.2 Å². The maximum Gasteiger partial charge on any atom is 0.138 e. The van der Waals surface area contributed by atoms with Crippen molar-refractivity contribution in [1.29, 1.82) is 0 Å². The number of benzene rings is 1. The summed E-state index contributed by atoms with van der Waals surface area (Å²) in [6.07, 6.45) is 0.872. The van der Waals surface area contributed by atoms with Crippen molar-refractivity contribution in [2.75, 3.05) is 6.61 Å². The van der Waals surface area contributed by atoms with Crippen LogP contribution in [-0.2, 0) is 4.84 Å². The van der Waals surface area contributed by atoms with Gasteiger partial charge in [0.2, 0.25) is 0 Å². The summed E-state index contributed by atoms with van der Waals surface area (Å²) in [5.74, 6) is 0.526. The molecule has 98 valence electrons. The van der Waals surface area contributed by atoms with Gasteiger partial charge in [0.25, 0.3) is 0 Å². The van der Waals surface area contributed by atoms with E-state index in [-0.39, 0.29) is 18.6 Å². The van der Waals surface area contributed by atoms with Gasteiger partial charge in [-0.15, -0.1) is 0 Å². The largest absolute Gasteiger partial charge is 0.396 e. The third kappa shape index (κ3) is 2.41. The van der Waals surface area contributed by atoms with Gasteiger partial charge >= 0.3 is 0 Å². The van der Waals surface area contributed by atoms with Gasteiger partial charge in [0.15, 0.2) is 0 Å². The lowest BCUT2D eigenvalue weighted by atomic mass is 9.91. The van der Waals surface area contributed by atoms with Crippen molar-refractivity contribution in [3.63, 3.8) is 0 Å². The zero-order valence-corrected chi connectivity index (χ0v) is 11.3. The van der Waals surface area contributed by atoms with Crippen LogP contribution < -0.4 is 0 Å². The highest BCUT2D eigenvalue weighted by molar-refractivity contribution is 6.03. The molecule has 1 aromatic rings. The Morgan fingerprint density at radius 2 is 1.94 bits per heavy atom. The van der Waals surface area contributed by atoms with E-state index in [2.05, 4.69) is 43.3 Å². The molecule has 3 heteroatoms. The second-order valence-electron chi connectivity index (χ2n) is 5.09. The first-order chi connectivity index (χ1) is 8.67. The van der Waals surface area contributed by atoms with Crippen molar-refractivity contribution in [2.45, 2.75) is 39.2 Å². The van der Waals surface area contributed by atoms with Gasteiger partial charge in [-0.1, -0.05) is 50.2 Å². The lowest BCUT2D eigenvalue weighted by molar-refractivity contribution is 0.0439. The fraction of sp³-hybridized carbons (Fsp3) is 0.533. The maximum atomic E-state index is 9.48. The second-order valence-corrected chi connectivity index (χ2v) is 5.09. The van der Waals surface area contributed by atoms with Crippen molar-refractivity contribution < 1.29 is 9.94 Å². The summed E-state index contributed by atoms with van der Waals surface area (Å²) >= 11 is 0. The molecule has 18 heavy (non-hydrogen) atoms. The molecule has 0 saturated carbocycles. The van der Waals surface area contributed by atoms with Gasteiger partial charge in [-0.2, -0.15) is 0 Å². The Morgan fingerprint density at radius 3 is 2.44 bits per heavy atom. The molecule has 0 aromatic heterocycles. The van der Waals surface area contributed by atoms with Crippen LogP contribution in [0.5, 0.6) is 0 Å². The lowest BCUT2D eigenvalue weighted by Crippen LogP contribution is -2.26. The van der Waals surface area contributed by atoms with E-state index in [1.807, 2.05) is 6.92 Å². The number of nitrogens with zero attached hydrogens (tertiary/aromatic N) is 1. The average Bonchev–Trinajstić information content (AvgIpc) is 2.81. The van der Waals surface area contributed by atoms with E-state index in [0.717, 1.165) is 17.7 Å². The van der Waals surface area contributed by atoms with Gasteiger partial charge in [0, 0.05) is 0 Å². The van der Waals surface area contributed by atoms with Gasteiger partial charge in [-0.05, 0) is 23.5 Å². The molecular weight excluding hydrogens is 226 g/mol. The first-order valence-corrected chi connectivity index (χ1v) is 6.62. The monoisotopic (exact) mass is 247 g/mol. The first kappa shape index (κ1) is 13.1. The van der Waals surface area contributed by atoms with Crippen LogP contribution in [0, 0.1) is 5.92 Å². The molecule has 1 aliphatic rings. The molecule has 0 spiro atoms. The minimum absolute atomic E-state index is 0.0000926. The molecule has 0 radical (unpaired) electrons. The fourth-order valence-electron chi connectivity index (χ4n) is 2.31. The summed E-state index contributed by atoms with van der Waals surface area (Å²) in [7, 11) is 0. The molecule has 2 atom stereocenters. The zero-order chi connectivity index (χ0) is 13.1. The molecule has 2 rings (SSSR count). The third-order valence-corrected chi connectivity index (χ3v) is 3.56. The maximum absolute atomic E-state index is 9.48. The highest BCUT2D eigenvalue weighted by atomic mass is 16.6. The predicted molar refractivity (Wildman–Crippen MR) is 72.8 cm³/mol. The van der Waals surface area contributed by atoms with Crippen LogP contribution in [0.15, 0.2) is 29.4 Å². The Kier molecular flexibility index (Phi) is 4.02. The molecule has 0 aliphatic carbocycles. The van der Waals surface area contributed by atoms with Gasteiger partial charge < -0.3 is 9.94 Å². The van der Waals surface area contributed by atoms with Crippen molar-refractivity contribution in [3.8, 4) is 0 Å². The van der Waals surface area contributed by atoms with Gasteiger partial charge in [-0.25, -0.2) is 0 Å². The third-order valence-electron chi connectivity index (χ3n) is 3.56. The van der Waals surface area contributed by atoms with E-state index in [1.165, 1.54) is 5.56 Å². The van der Waals surface area contributed by atoms with Crippen LogP contribution >= 0.6 is 0 Å². The molecule has 0 bridgehead atoms. The van der Waals surface area contributed by atoms with Crippen LogP contribution in [0.4, 0.5) is 0 Å². The Hall–Kier alpha value is -1.35. The number of rotatable bonds is 4. The van der Waals surface area contributed by atoms with E-state index in [1.54, 1.807) is 0 Å². The number of aliphatic hydroxyl groups excluding tert-OH is 1. The fourth-order valence-corrected chi connectivity index (χ4v) is 2.31. The molecule has 0 amide bonds. The Balaban J connectivity index is 2.21. The first-order valence-electron chi connectivity index (χ1n) is 6.62. The molecule has 3 nitrogen and oxygen atoms in total. The average molecular weight is 247 g/mol. The van der Waals surface area contributed by atoms with Crippen molar-refractivity contribution in [3.05, 3.63) is 35.4 Å². The molecule has 1 unspecified atom stereocenters. The Morgan fingerprint density at radius 1 is 1.28 bits per heavy atom. The molecule has 1 N–H and O–H groups in total. The summed E-state index contributed by atoms with van der Waals surface area (Å²) in [4.78, 5) is 5.38. The van der Waals surface area contributed by atoms with Crippen LogP contribution in [-0.4, -0.2) is 23.5 Å². The normalized spacial score (nSPS) is 23.1. The van der Waals surface area contributed by atoms with Crippen molar-refractivity contribution in [1.82, 2.24) is 0 Å². The van der Waals surface area contributed by atoms with E-state index >= 15 is 0 Å². The Bertz CT molecular complexity index is 423. The van der Waals surface area contributed by atoms with Crippen LogP contribution in [0.1, 0.15) is 44.2 Å². The minimum Gasteiger partial charge on any atom is -0.396 e. The van der Waals surface area contributed by atoms with Crippen LogP contribution in [0.25, 0.3) is 0 Å². The summed E-state index contributed by atoms with van der Waals surface area (Å²) in [5.41, 5.74) is 3.24. The Labute approximate surface area is 108 Å². The summed E-state index contributed by atoms with van der Waals surface area (Å²) in [6.45, 7) is 6.49. The predicted octanol–water partition coefficient (Wildman–Crippen LogP) is 2.93. The van der Waals surface area contributed by atoms with Crippen LogP contribution in [0.2, 0.25) is 0 Å². The standard InChI is InChI=1S/C15H21NO2/c1-4-14-13(9-17)15(16-18-14)12-7-5-11(6-8-12)10(2)3/h5-8,10,13-14,17H,4,9H2,1-3H3/t13?,14-/m0/s1. The van der Waals surface area contributed by atoms with Gasteiger partial charge in [0.1, 0.15) is 6.10 Å². The smallest absolute Gasteiger partial charge is 0.138 e. The molecular formula is C15H21NO2. The van der Waals surface area contributed by atoms with E-state index in [4.69, 9.17) is 4.84 Å². The van der Waals surface area contributed by atoms with Crippen LogP contribution in [0.3, 0.4) is 0 Å². The molecule has 0 fully saturated rings.